The Labute approximate surface area is 95.4 Å². The van der Waals surface area contributed by atoms with E-state index in [0.717, 1.165) is 22.2 Å². The van der Waals surface area contributed by atoms with E-state index in [2.05, 4.69) is 23.5 Å². The standard InChI is InChI=1S/C14H14N2/c1-4-5-10(2)14-8-11(3)12-9-15-7-6-13(12)16-14/h4-9H,2H2,1,3H3/b5-4-. The van der Waals surface area contributed by atoms with Gasteiger partial charge in [0, 0.05) is 17.8 Å². The molecule has 0 aliphatic heterocycles. The SMILES string of the molecule is C=C(/C=C\C)c1cc(C)c2cnccc2n1. The van der Waals surface area contributed by atoms with Crippen molar-refractivity contribution in [1.82, 2.24) is 9.97 Å². The van der Waals surface area contributed by atoms with Crippen LogP contribution in [0.2, 0.25) is 0 Å². The molecule has 0 aromatic carbocycles. The minimum atomic E-state index is 0.925. The molecular weight excluding hydrogens is 196 g/mol. The van der Waals surface area contributed by atoms with Gasteiger partial charge in [0.15, 0.2) is 0 Å². The van der Waals surface area contributed by atoms with Crippen LogP contribution in [-0.4, -0.2) is 9.97 Å². The summed E-state index contributed by atoms with van der Waals surface area (Å²) >= 11 is 0. The largest absolute Gasteiger partial charge is 0.264 e. The first-order chi connectivity index (χ1) is 7.72. The Balaban J connectivity index is 2.62. The predicted molar refractivity (Wildman–Crippen MR) is 68.1 cm³/mol. The highest BCUT2D eigenvalue weighted by molar-refractivity contribution is 5.84. The zero-order valence-corrected chi connectivity index (χ0v) is 9.57. The van der Waals surface area contributed by atoms with Gasteiger partial charge in [0.2, 0.25) is 0 Å². The molecule has 2 aromatic rings. The number of allylic oxidation sites excluding steroid dienone is 3. The number of rotatable bonds is 2. The summed E-state index contributed by atoms with van der Waals surface area (Å²) in [5.74, 6) is 0. The second-order valence-corrected chi connectivity index (χ2v) is 3.74. The molecule has 0 N–H and O–H groups in total. The van der Waals surface area contributed by atoms with Gasteiger partial charge in [-0.25, -0.2) is 4.98 Å². The van der Waals surface area contributed by atoms with Gasteiger partial charge in [0.25, 0.3) is 0 Å². The third-order valence-electron chi connectivity index (χ3n) is 2.51. The van der Waals surface area contributed by atoms with Crippen molar-refractivity contribution in [3.63, 3.8) is 0 Å². The molecular formula is C14H14N2. The monoisotopic (exact) mass is 210 g/mol. The third kappa shape index (κ3) is 1.87. The number of hydrogen-bond acceptors (Lipinski definition) is 2. The van der Waals surface area contributed by atoms with Crippen LogP contribution in [0.15, 0.2) is 43.3 Å². The van der Waals surface area contributed by atoms with Crippen LogP contribution < -0.4 is 0 Å². The maximum atomic E-state index is 4.56. The molecule has 0 aliphatic carbocycles. The van der Waals surface area contributed by atoms with Gasteiger partial charge < -0.3 is 0 Å². The van der Waals surface area contributed by atoms with Crippen molar-refractivity contribution < 1.29 is 0 Å². The van der Waals surface area contributed by atoms with E-state index < -0.39 is 0 Å². The van der Waals surface area contributed by atoms with Crippen LogP contribution in [0.1, 0.15) is 18.2 Å². The van der Waals surface area contributed by atoms with Gasteiger partial charge in [-0.3, -0.25) is 4.98 Å². The lowest BCUT2D eigenvalue weighted by Gasteiger charge is -2.05. The average Bonchev–Trinajstić information content (AvgIpc) is 2.29. The number of hydrogen-bond donors (Lipinski definition) is 0. The van der Waals surface area contributed by atoms with Crippen molar-refractivity contribution >= 4 is 16.5 Å². The van der Waals surface area contributed by atoms with Gasteiger partial charge >= 0.3 is 0 Å². The number of nitrogens with zero attached hydrogens (tertiary/aromatic N) is 2. The maximum absolute atomic E-state index is 4.56. The number of aryl methyl sites for hydroxylation is 1. The molecule has 2 nitrogen and oxygen atoms in total. The highest BCUT2D eigenvalue weighted by atomic mass is 14.7. The van der Waals surface area contributed by atoms with E-state index in [-0.39, 0.29) is 0 Å². The molecule has 0 spiro atoms. The van der Waals surface area contributed by atoms with Crippen LogP contribution in [0.4, 0.5) is 0 Å². The summed E-state index contributed by atoms with van der Waals surface area (Å²) < 4.78 is 0. The molecule has 2 heteroatoms. The van der Waals surface area contributed by atoms with E-state index in [4.69, 9.17) is 0 Å². The Morgan fingerprint density at radius 2 is 2.25 bits per heavy atom. The van der Waals surface area contributed by atoms with Crippen LogP contribution >= 0.6 is 0 Å². The topological polar surface area (TPSA) is 25.8 Å². The maximum Gasteiger partial charge on any atom is 0.0742 e. The van der Waals surface area contributed by atoms with Crippen molar-refractivity contribution in [2.75, 3.05) is 0 Å². The first kappa shape index (κ1) is 10.6. The molecule has 0 saturated heterocycles. The van der Waals surface area contributed by atoms with Gasteiger partial charge in [-0.15, -0.1) is 0 Å². The second kappa shape index (κ2) is 4.27. The predicted octanol–water partition coefficient (Wildman–Crippen LogP) is 3.53. The van der Waals surface area contributed by atoms with Crippen LogP contribution in [0.3, 0.4) is 0 Å². The second-order valence-electron chi connectivity index (χ2n) is 3.74. The van der Waals surface area contributed by atoms with Crippen LogP contribution in [0.25, 0.3) is 16.5 Å². The number of pyridine rings is 2. The molecule has 80 valence electrons. The lowest BCUT2D eigenvalue weighted by atomic mass is 10.1. The Morgan fingerprint density at radius 1 is 1.44 bits per heavy atom. The van der Waals surface area contributed by atoms with Crippen molar-refractivity contribution in [2.24, 2.45) is 0 Å². The minimum absolute atomic E-state index is 0.925. The molecule has 0 unspecified atom stereocenters. The summed E-state index contributed by atoms with van der Waals surface area (Å²) in [6, 6.07) is 3.97. The Kier molecular flexibility index (Phi) is 2.82. The molecule has 2 heterocycles. The lowest BCUT2D eigenvalue weighted by molar-refractivity contribution is 1.28. The molecule has 0 amide bonds. The van der Waals surface area contributed by atoms with E-state index in [1.165, 1.54) is 5.56 Å². The van der Waals surface area contributed by atoms with E-state index in [1.807, 2.05) is 37.4 Å². The zero-order valence-electron chi connectivity index (χ0n) is 9.57. The first-order valence-corrected chi connectivity index (χ1v) is 5.25. The van der Waals surface area contributed by atoms with E-state index in [9.17, 15) is 0 Å². The van der Waals surface area contributed by atoms with E-state index in [0.29, 0.717) is 0 Å². The Hall–Kier alpha value is -1.96. The number of aromatic nitrogens is 2. The zero-order chi connectivity index (χ0) is 11.5. The molecule has 0 atom stereocenters. The molecule has 16 heavy (non-hydrogen) atoms. The molecule has 2 rings (SSSR count). The summed E-state index contributed by atoms with van der Waals surface area (Å²) in [5.41, 5.74) is 4.01. The molecule has 2 aromatic heterocycles. The van der Waals surface area contributed by atoms with Crippen molar-refractivity contribution in [1.29, 1.82) is 0 Å². The normalized spacial score (nSPS) is 11.1. The van der Waals surface area contributed by atoms with E-state index >= 15 is 0 Å². The quantitative estimate of drug-likeness (QED) is 0.709. The highest BCUT2D eigenvalue weighted by Crippen LogP contribution is 2.20. The third-order valence-corrected chi connectivity index (χ3v) is 2.51. The minimum Gasteiger partial charge on any atom is -0.264 e. The fourth-order valence-corrected chi connectivity index (χ4v) is 1.68. The van der Waals surface area contributed by atoms with E-state index in [1.54, 1.807) is 6.20 Å². The molecule has 0 saturated carbocycles. The van der Waals surface area contributed by atoms with Crippen LogP contribution in [-0.2, 0) is 0 Å². The molecule has 0 aliphatic rings. The van der Waals surface area contributed by atoms with Gasteiger partial charge in [-0.05, 0) is 37.1 Å². The molecule has 0 bridgehead atoms. The van der Waals surface area contributed by atoms with Gasteiger partial charge in [-0.1, -0.05) is 18.7 Å². The Bertz CT molecular complexity index is 568. The van der Waals surface area contributed by atoms with Crippen molar-refractivity contribution in [3.05, 3.63) is 54.5 Å². The van der Waals surface area contributed by atoms with Gasteiger partial charge in [0.05, 0.1) is 11.2 Å². The van der Waals surface area contributed by atoms with Crippen molar-refractivity contribution in [2.45, 2.75) is 13.8 Å². The average molecular weight is 210 g/mol. The first-order valence-electron chi connectivity index (χ1n) is 5.25. The Morgan fingerprint density at radius 3 is 3.00 bits per heavy atom. The van der Waals surface area contributed by atoms with Crippen LogP contribution in [0.5, 0.6) is 0 Å². The fraction of sp³-hybridized carbons (Fsp3) is 0.143. The van der Waals surface area contributed by atoms with Crippen LogP contribution in [0, 0.1) is 6.92 Å². The van der Waals surface area contributed by atoms with Gasteiger partial charge in [0.1, 0.15) is 0 Å². The summed E-state index contributed by atoms with van der Waals surface area (Å²) in [7, 11) is 0. The summed E-state index contributed by atoms with van der Waals surface area (Å²) in [5, 5.41) is 1.10. The smallest absolute Gasteiger partial charge is 0.0742 e. The highest BCUT2D eigenvalue weighted by Gasteiger charge is 2.03. The summed E-state index contributed by atoms with van der Waals surface area (Å²) in [6.45, 7) is 8.04. The molecule has 0 radical (unpaired) electrons. The fourth-order valence-electron chi connectivity index (χ4n) is 1.68. The van der Waals surface area contributed by atoms with Crippen molar-refractivity contribution in [3.8, 4) is 0 Å². The summed E-state index contributed by atoms with van der Waals surface area (Å²) in [4.78, 5) is 8.67. The molecule has 0 fully saturated rings. The van der Waals surface area contributed by atoms with Gasteiger partial charge in [-0.2, -0.15) is 0 Å². The lowest BCUT2D eigenvalue weighted by Crippen LogP contribution is -1.91. The summed E-state index contributed by atoms with van der Waals surface area (Å²) in [6.07, 6.45) is 7.54. The number of fused-ring (bicyclic) bond motifs is 1.